The van der Waals surface area contributed by atoms with Gasteiger partial charge in [0.25, 0.3) is 0 Å². The summed E-state index contributed by atoms with van der Waals surface area (Å²) in [5.41, 5.74) is 2.03. The Balaban J connectivity index is 2.10. The molecule has 0 unspecified atom stereocenters. The van der Waals surface area contributed by atoms with E-state index in [0.717, 1.165) is 24.1 Å². The van der Waals surface area contributed by atoms with Crippen molar-refractivity contribution in [2.24, 2.45) is 0 Å². The summed E-state index contributed by atoms with van der Waals surface area (Å²) in [5.74, 6) is 0. The standard InChI is InChI=1S/C18H23NO2S/c1-19(2)14-9-15-21-22(20)18(16-10-5-3-6-11-16)17-12-7-4-8-13-17/h3-8,10-13,18H,9,14-15H2,1-2H3/t22-/m1/s1. The molecular weight excluding hydrogens is 294 g/mol. The van der Waals surface area contributed by atoms with Crippen molar-refractivity contribution in [3.8, 4) is 0 Å². The summed E-state index contributed by atoms with van der Waals surface area (Å²) < 4.78 is 18.3. The fourth-order valence-electron chi connectivity index (χ4n) is 2.26. The summed E-state index contributed by atoms with van der Waals surface area (Å²) >= 11 is -1.39. The lowest BCUT2D eigenvalue weighted by Gasteiger charge is -2.17. The largest absolute Gasteiger partial charge is 0.309 e. The lowest BCUT2D eigenvalue weighted by Crippen LogP contribution is -2.17. The predicted molar refractivity (Wildman–Crippen MR) is 92.0 cm³/mol. The van der Waals surface area contributed by atoms with Crippen molar-refractivity contribution in [1.29, 1.82) is 0 Å². The first-order chi connectivity index (χ1) is 10.7. The molecule has 22 heavy (non-hydrogen) atoms. The lowest BCUT2D eigenvalue weighted by molar-refractivity contribution is 0.300. The Morgan fingerprint density at radius 3 is 1.91 bits per heavy atom. The van der Waals surface area contributed by atoms with Crippen molar-refractivity contribution in [3.63, 3.8) is 0 Å². The fourth-order valence-corrected chi connectivity index (χ4v) is 3.44. The highest BCUT2D eigenvalue weighted by Gasteiger charge is 2.21. The van der Waals surface area contributed by atoms with Gasteiger partial charge in [0, 0.05) is 0 Å². The van der Waals surface area contributed by atoms with E-state index in [2.05, 4.69) is 4.90 Å². The zero-order valence-electron chi connectivity index (χ0n) is 13.1. The van der Waals surface area contributed by atoms with Gasteiger partial charge in [0.1, 0.15) is 5.25 Å². The van der Waals surface area contributed by atoms with Gasteiger partial charge in [0.05, 0.1) is 6.61 Å². The van der Waals surface area contributed by atoms with Crippen LogP contribution in [-0.2, 0) is 15.3 Å². The smallest absolute Gasteiger partial charge is 0.167 e. The highest BCUT2D eigenvalue weighted by atomic mass is 32.2. The molecule has 118 valence electrons. The number of hydrogen-bond donors (Lipinski definition) is 0. The van der Waals surface area contributed by atoms with Crippen LogP contribution in [0.15, 0.2) is 60.7 Å². The van der Waals surface area contributed by atoms with Crippen molar-refractivity contribution in [2.75, 3.05) is 27.2 Å². The van der Waals surface area contributed by atoms with Crippen LogP contribution in [0, 0.1) is 0 Å². The maximum Gasteiger partial charge on any atom is 0.167 e. The Morgan fingerprint density at radius 1 is 0.955 bits per heavy atom. The molecule has 0 saturated heterocycles. The van der Waals surface area contributed by atoms with Crippen LogP contribution < -0.4 is 0 Å². The van der Waals surface area contributed by atoms with E-state index in [0.29, 0.717) is 6.61 Å². The molecule has 0 aliphatic carbocycles. The van der Waals surface area contributed by atoms with Crippen LogP contribution >= 0.6 is 0 Å². The molecule has 2 rings (SSSR count). The SMILES string of the molecule is CN(C)CCCO[S@@](=O)C(c1ccccc1)c1ccccc1. The molecule has 0 bridgehead atoms. The summed E-state index contributed by atoms with van der Waals surface area (Å²) in [4.78, 5) is 2.10. The normalized spacial score (nSPS) is 12.7. The Hall–Kier alpha value is -1.49. The van der Waals surface area contributed by atoms with Gasteiger partial charge in [-0.15, -0.1) is 0 Å². The summed E-state index contributed by atoms with van der Waals surface area (Å²) in [6, 6.07) is 19.8. The lowest BCUT2D eigenvalue weighted by atomic mass is 10.0. The van der Waals surface area contributed by atoms with Crippen molar-refractivity contribution in [3.05, 3.63) is 71.8 Å². The van der Waals surface area contributed by atoms with Crippen LogP contribution in [0.2, 0.25) is 0 Å². The molecular formula is C18H23NO2S. The quantitative estimate of drug-likeness (QED) is 0.699. The van der Waals surface area contributed by atoms with Gasteiger partial charge in [-0.2, -0.15) is 0 Å². The Morgan fingerprint density at radius 2 is 1.45 bits per heavy atom. The Kier molecular flexibility index (Phi) is 6.77. The molecule has 0 aromatic heterocycles. The average molecular weight is 317 g/mol. The summed E-state index contributed by atoms with van der Waals surface area (Å²) in [5, 5.41) is -0.248. The second kappa shape index (κ2) is 8.83. The molecule has 2 aromatic carbocycles. The molecule has 0 aliphatic rings. The minimum Gasteiger partial charge on any atom is -0.309 e. The van der Waals surface area contributed by atoms with Crippen LogP contribution in [0.1, 0.15) is 22.8 Å². The summed E-state index contributed by atoms with van der Waals surface area (Å²) in [6.45, 7) is 1.43. The van der Waals surface area contributed by atoms with Gasteiger partial charge in [-0.05, 0) is 38.2 Å². The molecule has 0 spiro atoms. The van der Waals surface area contributed by atoms with E-state index in [1.54, 1.807) is 0 Å². The number of benzene rings is 2. The van der Waals surface area contributed by atoms with Crippen molar-refractivity contribution >= 4 is 11.1 Å². The number of rotatable bonds is 8. The third-order valence-electron chi connectivity index (χ3n) is 3.35. The molecule has 0 heterocycles. The zero-order chi connectivity index (χ0) is 15.8. The van der Waals surface area contributed by atoms with Gasteiger partial charge in [0.2, 0.25) is 0 Å². The second-order valence-electron chi connectivity index (χ2n) is 5.44. The van der Waals surface area contributed by atoms with Gasteiger partial charge in [-0.25, -0.2) is 4.21 Å². The molecule has 2 aromatic rings. The van der Waals surface area contributed by atoms with Gasteiger partial charge in [0.15, 0.2) is 11.1 Å². The first kappa shape index (κ1) is 16.9. The van der Waals surface area contributed by atoms with E-state index in [9.17, 15) is 4.21 Å². The molecule has 0 aliphatic heterocycles. The number of nitrogens with zero attached hydrogens (tertiary/aromatic N) is 1. The van der Waals surface area contributed by atoms with Crippen molar-refractivity contribution in [2.45, 2.75) is 11.7 Å². The van der Waals surface area contributed by atoms with Crippen molar-refractivity contribution < 1.29 is 8.39 Å². The minimum atomic E-state index is -1.39. The summed E-state index contributed by atoms with van der Waals surface area (Å²) in [7, 11) is 4.04. The molecule has 3 nitrogen and oxygen atoms in total. The Labute approximate surface area is 135 Å². The van der Waals surface area contributed by atoms with E-state index < -0.39 is 11.1 Å². The van der Waals surface area contributed by atoms with E-state index in [1.165, 1.54) is 0 Å². The second-order valence-corrected chi connectivity index (χ2v) is 6.67. The first-order valence-electron chi connectivity index (χ1n) is 7.47. The maximum atomic E-state index is 12.7. The highest BCUT2D eigenvalue weighted by molar-refractivity contribution is 7.80. The Bertz CT molecular complexity index is 533. The van der Waals surface area contributed by atoms with Crippen LogP contribution in [0.25, 0.3) is 0 Å². The van der Waals surface area contributed by atoms with Gasteiger partial charge in [-0.1, -0.05) is 60.7 Å². The maximum absolute atomic E-state index is 12.7. The van der Waals surface area contributed by atoms with E-state index in [1.807, 2.05) is 74.8 Å². The van der Waals surface area contributed by atoms with Gasteiger partial charge >= 0.3 is 0 Å². The zero-order valence-corrected chi connectivity index (χ0v) is 14.0. The molecule has 0 saturated carbocycles. The fraction of sp³-hybridized carbons (Fsp3) is 0.333. The molecule has 0 amide bonds. The first-order valence-corrected chi connectivity index (χ1v) is 8.61. The van der Waals surface area contributed by atoms with E-state index >= 15 is 0 Å². The monoisotopic (exact) mass is 317 g/mol. The highest BCUT2D eigenvalue weighted by Crippen LogP contribution is 2.28. The van der Waals surface area contributed by atoms with Gasteiger partial charge < -0.3 is 4.90 Å². The molecule has 0 radical (unpaired) electrons. The molecule has 1 atom stereocenters. The average Bonchev–Trinajstić information content (AvgIpc) is 2.54. The van der Waals surface area contributed by atoms with Crippen LogP contribution in [0.4, 0.5) is 0 Å². The molecule has 0 N–H and O–H groups in total. The van der Waals surface area contributed by atoms with Crippen LogP contribution in [0.5, 0.6) is 0 Å². The number of hydrogen-bond acceptors (Lipinski definition) is 3. The third-order valence-corrected chi connectivity index (χ3v) is 4.67. The van der Waals surface area contributed by atoms with Crippen LogP contribution in [-0.4, -0.2) is 36.4 Å². The predicted octanol–water partition coefficient (Wildman–Crippen LogP) is 3.41. The summed E-state index contributed by atoms with van der Waals surface area (Å²) in [6.07, 6.45) is 0.870. The van der Waals surface area contributed by atoms with Crippen LogP contribution in [0.3, 0.4) is 0 Å². The van der Waals surface area contributed by atoms with Gasteiger partial charge in [-0.3, -0.25) is 4.18 Å². The topological polar surface area (TPSA) is 29.5 Å². The molecule has 0 fully saturated rings. The minimum absolute atomic E-state index is 0.248. The molecule has 4 heteroatoms. The van der Waals surface area contributed by atoms with E-state index in [4.69, 9.17) is 4.18 Å². The van der Waals surface area contributed by atoms with Crippen molar-refractivity contribution in [1.82, 2.24) is 4.90 Å². The third kappa shape index (κ3) is 5.05. The van der Waals surface area contributed by atoms with E-state index in [-0.39, 0.29) is 5.25 Å².